The van der Waals surface area contributed by atoms with Gasteiger partial charge in [0, 0.05) is 25.2 Å². The number of carbonyl (C=O) groups is 3. The largest absolute Gasteiger partial charge is 0.478 e. The highest BCUT2D eigenvalue weighted by Gasteiger charge is 2.38. The van der Waals surface area contributed by atoms with Crippen molar-refractivity contribution in [1.29, 1.82) is 0 Å². The maximum atomic E-state index is 13.2. The Morgan fingerprint density at radius 1 is 1.18 bits per heavy atom. The Morgan fingerprint density at radius 3 is 2.24 bits per heavy atom. The summed E-state index contributed by atoms with van der Waals surface area (Å²) >= 11 is 0. The molecule has 33 heavy (non-hydrogen) atoms. The molecular formula is C26H49N3O4. The highest BCUT2D eigenvalue weighted by atomic mass is 16.4. The van der Waals surface area contributed by atoms with E-state index in [2.05, 4.69) is 37.9 Å². The van der Waals surface area contributed by atoms with E-state index in [0.717, 1.165) is 38.6 Å². The molecule has 0 aromatic carbocycles. The van der Waals surface area contributed by atoms with E-state index in [-0.39, 0.29) is 30.0 Å². The average Bonchev–Trinajstić information content (AvgIpc) is 2.74. The van der Waals surface area contributed by atoms with Crippen LogP contribution in [-0.4, -0.2) is 71.0 Å². The number of likely N-dealkylation sites (N-methyl/N-ethyl adjacent to an activating group) is 1. The second kappa shape index (κ2) is 15.1. The van der Waals surface area contributed by atoms with Crippen molar-refractivity contribution in [3.8, 4) is 0 Å². The molecule has 1 heterocycles. The molecule has 0 aromatic rings. The molecule has 0 aromatic heterocycles. The minimum atomic E-state index is -1.00. The number of hydrogen-bond acceptors (Lipinski definition) is 4. The molecule has 7 nitrogen and oxygen atoms in total. The fourth-order valence-corrected chi connectivity index (χ4v) is 3.91. The molecule has 0 radical (unpaired) electrons. The molecule has 192 valence electrons. The summed E-state index contributed by atoms with van der Waals surface area (Å²) in [7, 11) is 1.63. The van der Waals surface area contributed by atoms with E-state index in [1.807, 2.05) is 20.8 Å². The Kier molecular flexibility index (Phi) is 14.2. The van der Waals surface area contributed by atoms with E-state index < -0.39 is 17.4 Å². The first-order chi connectivity index (χ1) is 15.3. The van der Waals surface area contributed by atoms with Gasteiger partial charge in [0.15, 0.2) is 0 Å². The van der Waals surface area contributed by atoms with Crippen molar-refractivity contribution >= 4 is 17.8 Å². The number of rotatable bonds is 9. The summed E-state index contributed by atoms with van der Waals surface area (Å²) < 4.78 is 0. The van der Waals surface area contributed by atoms with Crippen LogP contribution >= 0.6 is 0 Å². The lowest BCUT2D eigenvalue weighted by Crippen LogP contribution is -2.59. The molecule has 2 N–H and O–H groups in total. The van der Waals surface area contributed by atoms with Crippen molar-refractivity contribution in [3.63, 3.8) is 0 Å². The smallest absolute Gasteiger partial charge is 0.331 e. The zero-order valence-electron chi connectivity index (χ0n) is 22.5. The summed E-state index contributed by atoms with van der Waals surface area (Å²) in [5, 5.41) is 12.0. The number of amides is 2. The van der Waals surface area contributed by atoms with Crippen LogP contribution in [-0.2, 0) is 14.4 Å². The van der Waals surface area contributed by atoms with E-state index in [0.29, 0.717) is 6.04 Å². The summed E-state index contributed by atoms with van der Waals surface area (Å²) in [5.74, 6) is -1.30. The van der Waals surface area contributed by atoms with Gasteiger partial charge in [-0.25, -0.2) is 4.79 Å². The van der Waals surface area contributed by atoms with E-state index in [4.69, 9.17) is 5.11 Å². The Morgan fingerprint density at radius 2 is 1.76 bits per heavy atom. The second-order valence-corrected chi connectivity index (χ2v) is 10.3. The quantitative estimate of drug-likeness (QED) is 0.489. The summed E-state index contributed by atoms with van der Waals surface area (Å²) in [6.07, 6.45) is 7.79. The molecule has 1 aliphatic rings. The number of hydrogen-bond donors (Lipinski definition) is 2. The molecule has 1 aliphatic heterocycles. The van der Waals surface area contributed by atoms with Gasteiger partial charge in [-0.15, -0.1) is 0 Å². The topological polar surface area (TPSA) is 90.0 Å². The lowest BCUT2D eigenvalue weighted by molar-refractivity contribution is -0.140. The van der Waals surface area contributed by atoms with Crippen LogP contribution in [0.2, 0.25) is 0 Å². The molecule has 1 saturated heterocycles. The van der Waals surface area contributed by atoms with Gasteiger partial charge in [0.25, 0.3) is 0 Å². The predicted octanol–water partition coefficient (Wildman–Crippen LogP) is 4.47. The number of piperidine rings is 1. The average molecular weight is 468 g/mol. The minimum Gasteiger partial charge on any atom is -0.478 e. The summed E-state index contributed by atoms with van der Waals surface area (Å²) in [4.78, 5) is 41.1. The SMILES string of the molecule is CCC.CCCC(C)N1CCCCC1C(=O)NC(C(=O)N(C)C/C=C(\C)C(=O)O)C(C)(C)C. The zero-order valence-corrected chi connectivity index (χ0v) is 22.5. The van der Waals surface area contributed by atoms with Crippen LogP contribution in [0.25, 0.3) is 0 Å². The highest BCUT2D eigenvalue weighted by molar-refractivity contribution is 5.90. The van der Waals surface area contributed by atoms with Gasteiger partial charge in [-0.2, -0.15) is 0 Å². The molecule has 0 aliphatic carbocycles. The van der Waals surface area contributed by atoms with Gasteiger partial charge in [0.1, 0.15) is 6.04 Å². The van der Waals surface area contributed by atoms with Crippen LogP contribution in [0.5, 0.6) is 0 Å². The molecule has 3 unspecified atom stereocenters. The third-order valence-corrected chi connectivity index (χ3v) is 5.90. The molecule has 3 atom stereocenters. The van der Waals surface area contributed by atoms with Crippen molar-refractivity contribution in [2.24, 2.45) is 5.41 Å². The highest BCUT2D eigenvalue weighted by Crippen LogP contribution is 2.25. The molecule has 0 spiro atoms. The monoisotopic (exact) mass is 467 g/mol. The number of carboxylic acid groups (broad SMARTS) is 1. The molecule has 7 heteroatoms. The third kappa shape index (κ3) is 10.7. The van der Waals surface area contributed by atoms with Gasteiger partial charge in [-0.3, -0.25) is 14.5 Å². The van der Waals surface area contributed by atoms with Gasteiger partial charge >= 0.3 is 5.97 Å². The van der Waals surface area contributed by atoms with Crippen molar-refractivity contribution in [1.82, 2.24) is 15.1 Å². The first-order valence-electron chi connectivity index (χ1n) is 12.5. The fraction of sp³-hybridized carbons (Fsp3) is 0.808. The molecule has 0 bridgehead atoms. The molecule has 0 saturated carbocycles. The molecular weight excluding hydrogens is 418 g/mol. The zero-order chi connectivity index (χ0) is 25.8. The van der Waals surface area contributed by atoms with Gasteiger partial charge in [0.05, 0.1) is 6.04 Å². The predicted molar refractivity (Wildman–Crippen MR) is 135 cm³/mol. The molecule has 1 fully saturated rings. The van der Waals surface area contributed by atoms with Crippen molar-refractivity contribution < 1.29 is 19.5 Å². The fourth-order valence-electron chi connectivity index (χ4n) is 3.91. The Balaban J connectivity index is 0.00000322. The minimum absolute atomic E-state index is 0.0865. The van der Waals surface area contributed by atoms with Gasteiger partial charge in [-0.05, 0) is 45.1 Å². The number of carboxylic acids is 1. The van der Waals surface area contributed by atoms with Crippen LogP contribution in [0.1, 0.15) is 93.9 Å². The number of likely N-dealkylation sites (tertiary alicyclic amines) is 1. The van der Waals surface area contributed by atoms with Crippen molar-refractivity contribution in [3.05, 3.63) is 11.6 Å². The summed E-state index contributed by atoms with van der Waals surface area (Å²) in [5.41, 5.74) is -0.282. The van der Waals surface area contributed by atoms with Crippen LogP contribution in [0, 0.1) is 5.41 Å². The number of carbonyl (C=O) groups excluding carboxylic acids is 2. The van der Waals surface area contributed by atoms with Crippen LogP contribution in [0.3, 0.4) is 0 Å². The lowest BCUT2D eigenvalue weighted by atomic mass is 9.85. The van der Waals surface area contributed by atoms with Crippen LogP contribution in [0.4, 0.5) is 0 Å². The van der Waals surface area contributed by atoms with E-state index in [1.54, 1.807) is 7.05 Å². The Bertz CT molecular complexity index is 654. The van der Waals surface area contributed by atoms with E-state index in [9.17, 15) is 14.4 Å². The first-order valence-corrected chi connectivity index (χ1v) is 12.5. The third-order valence-electron chi connectivity index (χ3n) is 5.90. The number of nitrogens with zero attached hydrogens (tertiary/aromatic N) is 2. The summed E-state index contributed by atoms with van der Waals surface area (Å²) in [6.45, 7) is 17.0. The first kappa shape index (κ1) is 31.1. The number of nitrogens with one attached hydrogen (secondary N) is 1. The van der Waals surface area contributed by atoms with E-state index in [1.165, 1.54) is 24.3 Å². The Labute approximate surface area is 202 Å². The Hall–Kier alpha value is -1.89. The van der Waals surface area contributed by atoms with Crippen LogP contribution in [0.15, 0.2) is 11.6 Å². The molecule has 1 rings (SSSR count). The number of aliphatic carboxylic acids is 1. The normalized spacial score (nSPS) is 19.1. The molecule has 2 amide bonds. The summed E-state index contributed by atoms with van der Waals surface area (Å²) in [6, 6.07) is -0.558. The second-order valence-electron chi connectivity index (χ2n) is 10.3. The van der Waals surface area contributed by atoms with Crippen LogP contribution < -0.4 is 5.32 Å². The maximum Gasteiger partial charge on any atom is 0.331 e. The van der Waals surface area contributed by atoms with Gasteiger partial charge < -0.3 is 15.3 Å². The van der Waals surface area contributed by atoms with Crippen molar-refractivity contribution in [2.45, 2.75) is 112 Å². The van der Waals surface area contributed by atoms with Crippen molar-refractivity contribution in [2.75, 3.05) is 20.1 Å². The van der Waals surface area contributed by atoms with Gasteiger partial charge in [0.2, 0.25) is 11.8 Å². The lowest BCUT2D eigenvalue weighted by Gasteiger charge is -2.41. The van der Waals surface area contributed by atoms with E-state index >= 15 is 0 Å². The van der Waals surface area contributed by atoms with Gasteiger partial charge in [-0.1, -0.05) is 66.9 Å². The maximum absolute atomic E-state index is 13.2. The standard InChI is InChI=1S/C23H41N3O4.C3H8/c1-8-11-17(3)26-14-10-9-12-18(26)20(27)24-19(23(4,5)6)21(28)25(7)15-13-16(2)22(29)30;1-3-2/h13,17-19H,8-12,14-15H2,1-7H3,(H,24,27)(H,29,30);3H2,1-2H3/b16-13+;.